The third-order valence-corrected chi connectivity index (χ3v) is 16.8. The number of alkyl halides is 6. The highest BCUT2D eigenvalue weighted by Gasteiger charge is 2.39. The fourth-order valence-corrected chi connectivity index (χ4v) is 10.00. The summed E-state index contributed by atoms with van der Waals surface area (Å²) in [5.41, 5.74) is 0.828. The average Bonchev–Trinajstić information content (AvgIpc) is 2.82. The van der Waals surface area contributed by atoms with Gasteiger partial charge in [-0.15, -0.1) is 0 Å². The Hall–Kier alpha value is -1.63. The van der Waals surface area contributed by atoms with Crippen LogP contribution < -0.4 is 0 Å². The fraction of sp³-hybridized carbons (Fsp3) is 0.556. The van der Waals surface area contributed by atoms with E-state index in [9.17, 15) is 31.1 Å². The van der Waals surface area contributed by atoms with Crippen LogP contribution in [0.25, 0.3) is 0 Å². The molecule has 2 aromatic rings. The molecule has 210 valence electrons. The lowest BCUT2D eigenvalue weighted by molar-refractivity contribution is -0.138. The highest BCUT2D eigenvalue weighted by Crippen LogP contribution is 2.34. The van der Waals surface area contributed by atoms with Crippen LogP contribution in [0.1, 0.15) is 63.8 Å². The third kappa shape index (κ3) is 9.56. The van der Waals surface area contributed by atoms with Crippen LogP contribution in [-0.2, 0) is 28.9 Å². The number of hydrogen-bond donors (Lipinski definition) is 1. The van der Waals surface area contributed by atoms with Crippen molar-refractivity contribution in [2.75, 3.05) is 7.11 Å². The van der Waals surface area contributed by atoms with Crippen LogP contribution >= 0.6 is 0 Å². The van der Waals surface area contributed by atoms with E-state index in [1.807, 2.05) is 27.7 Å². The van der Waals surface area contributed by atoms with E-state index in [0.717, 1.165) is 53.5 Å². The summed E-state index contributed by atoms with van der Waals surface area (Å²) in [6.45, 7) is 12.1. The maximum Gasteiger partial charge on any atom is 0.416 e. The molecule has 0 aliphatic heterocycles. The van der Waals surface area contributed by atoms with Crippen molar-refractivity contribution < 1.29 is 35.6 Å². The van der Waals surface area contributed by atoms with E-state index >= 15 is 0 Å². The van der Waals surface area contributed by atoms with Crippen molar-refractivity contribution >= 4 is 16.6 Å². The number of benzene rings is 2. The van der Waals surface area contributed by atoms with Crippen LogP contribution in [0.3, 0.4) is 0 Å². The maximum absolute atomic E-state index is 12.5. The molecule has 0 saturated heterocycles. The number of halogens is 6. The van der Waals surface area contributed by atoms with Gasteiger partial charge >= 0.3 is 12.4 Å². The Bertz CT molecular complexity index is 919. The SMILES string of the molecule is CC(C)[Si](O)(Cc1ccc(C(F)(F)F)cc1)C(C)C.CC[Si](CC)(Cc1ccc(C(F)(F)F)cc1)OC. The van der Waals surface area contributed by atoms with Crippen LogP contribution in [0.5, 0.6) is 0 Å². The zero-order valence-electron chi connectivity index (χ0n) is 22.7. The molecule has 0 aliphatic rings. The zero-order chi connectivity index (χ0) is 28.7. The van der Waals surface area contributed by atoms with Gasteiger partial charge in [-0.25, -0.2) is 0 Å². The minimum Gasteiger partial charge on any atom is -0.431 e. The van der Waals surface area contributed by atoms with Gasteiger partial charge in [-0.05, 0) is 70.7 Å². The van der Waals surface area contributed by atoms with Gasteiger partial charge in [0.05, 0.1) is 11.1 Å². The molecule has 0 heterocycles. The Labute approximate surface area is 219 Å². The second-order valence-corrected chi connectivity index (χ2v) is 19.3. The molecular formula is C27H40F6O2Si2. The highest BCUT2D eigenvalue weighted by atomic mass is 28.4. The molecule has 0 unspecified atom stereocenters. The minimum atomic E-state index is -4.30. The lowest BCUT2D eigenvalue weighted by atomic mass is 10.1. The quantitative estimate of drug-likeness (QED) is 0.242. The third-order valence-electron chi connectivity index (χ3n) is 7.30. The summed E-state index contributed by atoms with van der Waals surface area (Å²) in [7, 11) is -2.58. The smallest absolute Gasteiger partial charge is 0.416 e. The average molecular weight is 567 g/mol. The standard InChI is InChI=1S/C14H21F3OSi.C13H19F3OSi/c1-10(2)19(18,11(3)4)9-12-5-7-13(8-6-12)14(15,16)17;1-4-18(5-2,17-3)10-11-6-8-12(9-7-11)13(14,15)16/h5-8,10-11,18H,9H2,1-4H3;6-9H,4-5,10H2,1-3H3. The monoisotopic (exact) mass is 566 g/mol. The molecule has 0 radical (unpaired) electrons. The van der Waals surface area contributed by atoms with E-state index in [4.69, 9.17) is 4.43 Å². The normalized spacial score (nSPS) is 13.1. The lowest BCUT2D eigenvalue weighted by Gasteiger charge is -2.33. The first kappa shape index (κ1) is 33.4. The first-order chi connectivity index (χ1) is 16.9. The van der Waals surface area contributed by atoms with Gasteiger partial charge in [0, 0.05) is 7.11 Å². The topological polar surface area (TPSA) is 29.5 Å². The Morgan fingerprint density at radius 2 is 1.00 bits per heavy atom. The number of hydrogen-bond acceptors (Lipinski definition) is 2. The summed E-state index contributed by atoms with van der Waals surface area (Å²) < 4.78 is 80.4. The van der Waals surface area contributed by atoms with Crippen molar-refractivity contribution in [1.82, 2.24) is 0 Å². The molecule has 2 rings (SSSR count). The fourth-order valence-electron chi connectivity index (χ4n) is 4.26. The molecule has 0 atom stereocenters. The molecule has 0 amide bonds. The summed E-state index contributed by atoms with van der Waals surface area (Å²) in [4.78, 5) is 10.8. The van der Waals surface area contributed by atoms with E-state index in [1.165, 1.54) is 12.1 Å². The van der Waals surface area contributed by atoms with Gasteiger partial charge in [0.2, 0.25) is 0 Å². The molecule has 0 aliphatic carbocycles. The van der Waals surface area contributed by atoms with Gasteiger partial charge in [-0.1, -0.05) is 65.8 Å². The maximum atomic E-state index is 12.5. The molecule has 2 aromatic carbocycles. The van der Waals surface area contributed by atoms with Crippen LogP contribution in [0.15, 0.2) is 48.5 Å². The Morgan fingerprint density at radius 3 is 1.24 bits per heavy atom. The second-order valence-electron chi connectivity index (χ2n) is 10.1. The summed E-state index contributed by atoms with van der Waals surface area (Å²) in [6.07, 6.45) is -8.56. The molecule has 0 fully saturated rings. The van der Waals surface area contributed by atoms with E-state index in [1.54, 1.807) is 19.2 Å². The molecule has 1 N–H and O–H groups in total. The predicted molar refractivity (Wildman–Crippen MR) is 142 cm³/mol. The van der Waals surface area contributed by atoms with E-state index in [2.05, 4.69) is 13.8 Å². The highest BCUT2D eigenvalue weighted by molar-refractivity contribution is 6.74. The van der Waals surface area contributed by atoms with Crippen molar-refractivity contribution in [2.45, 2.75) is 89.2 Å². The van der Waals surface area contributed by atoms with Crippen LogP contribution in [0.4, 0.5) is 26.3 Å². The van der Waals surface area contributed by atoms with Crippen molar-refractivity contribution in [3.63, 3.8) is 0 Å². The first-order valence-corrected chi connectivity index (χ1v) is 17.4. The first-order valence-electron chi connectivity index (χ1n) is 12.5. The van der Waals surface area contributed by atoms with Gasteiger partial charge in [-0.3, -0.25) is 0 Å². The van der Waals surface area contributed by atoms with E-state index in [0.29, 0.717) is 6.04 Å². The Morgan fingerprint density at radius 1 is 0.676 bits per heavy atom. The summed E-state index contributed by atoms with van der Waals surface area (Å²) in [5.74, 6) is 0. The largest absolute Gasteiger partial charge is 0.431 e. The van der Waals surface area contributed by atoms with Crippen molar-refractivity contribution in [3.05, 3.63) is 70.8 Å². The van der Waals surface area contributed by atoms with Gasteiger partial charge in [0.25, 0.3) is 0 Å². The predicted octanol–water partition coefficient (Wildman–Crippen LogP) is 8.96. The molecule has 37 heavy (non-hydrogen) atoms. The molecule has 10 heteroatoms. The van der Waals surface area contributed by atoms with Crippen molar-refractivity contribution in [3.8, 4) is 0 Å². The molecule has 0 saturated carbocycles. The Balaban J connectivity index is 0.000000371. The van der Waals surface area contributed by atoms with E-state index in [-0.39, 0.29) is 11.1 Å². The van der Waals surface area contributed by atoms with Crippen molar-refractivity contribution in [2.24, 2.45) is 0 Å². The zero-order valence-corrected chi connectivity index (χ0v) is 24.7. The second kappa shape index (κ2) is 13.4. The minimum absolute atomic E-state index is 0.176. The van der Waals surface area contributed by atoms with Gasteiger partial charge in [0.15, 0.2) is 16.6 Å². The summed E-state index contributed by atoms with van der Waals surface area (Å²) in [6, 6.07) is 13.8. The summed E-state index contributed by atoms with van der Waals surface area (Å²) in [5, 5.41) is 0. The number of rotatable bonds is 9. The molecule has 0 aromatic heterocycles. The van der Waals surface area contributed by atoms with E-state index < -0.39 is 40.1 Å². The van der Waals surface area contributed by atoms with Crippen LogP contribution in [-0.4, -0.2) is 28.5 Å². The molecule has 0 bridgehead atoms. The van der Waals surface area contributed by atoms with Gasteiger partial charge < -0.3 is 9.22 Å². The lowest BCUT2D eigenvalue weighted by Crippen LogP contribution is -2.44. The van der Waals surface area contributed by atoms with Gasteiger partial charge in [-0.2, -0.15) is 26.3 Å². The van der Waals surface area contributed by atoms with Crippen LogP contribution in [0.2, 0.25) is 23.2 Å². The van der Waals surface area contributed by atoms with Gasteiger partial charge in [0.1, 0.15) is 0 Å². The molecule has 0 spiro atoms. The molecular weight excluding hydrogens is 526 g/mol. The van der Waals surface area contributed by atoms with Crippen LogP contribution in [0, 0.1) is 0 Å². The molecule has 2 nitrogen and oxygen atoms in total. The van der Waals surface area contributed by atoms with Crippen molar-refractivity contribution in [1.29, 1.82) is 0 Å². The Kier molecular flexibility index (Phi) is 12.1. The summed E-state index contributed by atoms with van der Waals surface area (Å²) >= 11 is 0.